The molecular weight excluding hydrogens is 635 g/mol. The first-order valence-electron chi connectivity index (χ1n) is 16.2. The van der Waals surface area contributed by atoms with Crippen molar-refractivity contribution < 1.29 is 32.7 Å². The minimum atomic E-state index is -4.31. The number of aromatic nitrogens is 2. The molecule has 1 heterocycles. The molecule has 1 saturated carbocycles. The molecule has 3 aromatic rings. The zero-order valence-corrected chi connectivity index (χ0v) is 28.8. The molecule has 0 spiro atoms. The molecule has 3 N–H and O–H groups in total. The number of nitrogens with two attached hydrogens (primary N) is 1. The van der Waals surface area contributed by atoms with Crippen molar-refractivity contribution in [2.75, 3.05) is 25.6 Å². The largest absolute Gasteiger partial charge is 0.464 e. The second-order valence-corrected chi connectivity index (χ2v) is 14.0. The van der Waals surface area contributed by atoms with Crippen LogP contribution in [-0.4, -0.2) is 47.4 Å². The van der Waals surface area contributed by atoms with Crippen molar-refractivity contribution in [1.29, 1.82) is 0 Å². The first-order valence-corrected chi connectivity index (χ1v) is 17.7. The highest BCUT2D eigenvalue weighted by molar-refractivity contribution is 7.52. The van der Waals surface area contributed by atoms with Gasteiger partial charge >= 0.3 is 25.4 Å². The summed E-state index contributed by atoms with van der Waals surface area (Å²) in [5.41, 5.74) is 5.65. The Hall–Kier alpha value is -4.25. The molecule has 1 fully saturated rings. The van der Waals surface area contributed by atoms with Gasteiger partial charge in [0.15, 0.2) is 0 Å². The SMILES string of the molecule is CCC(CC)COC(=O)[C@H](Cc1ccccc1)N[P@](=O)(OCC1(COC(=O)C(C)C)C/C1=C/n1ccc(N)nc1=O)Oc1ccccc1. The van der Waals surface area contributed by atoms with E-state index >= 15 is 0 Å². The molecule has 258 valence electrons. The molecule has 0 bridgehead atoms. The summed E-state index contributed by atoms with van der Waals surface area (Å²) in [5.74, 6) is -0.863. The third-order valence-corrected chi connectivity index (χ3v) is 9.72. The third kappa shape index (κ3) is 10.4. The predicted octanol–water partition coefficient (Wildman–Crippen LogP) is 5.64. The van der Waals surface area contributed by atoms with E-state index in [0.717, 1.165) is 18.4 Å². The van der Waals surface area contributed by atoms with E-state index in [1.807, 2.05) is 44.2 Å². The van der Waals surface area contributed by atoms with E-state index in [9.17, 15) is 18.9 Å². The molecule has 0 amide bonds. The summed E-state index contributed by atoms with van der Waals surface area (Å²) in [6.07, 6.45) is 5.27. The molecule has 1 aromatic heterocycles. The van der Waals surface area contributed by atoms with Crippen LogP contribution in [0.5, 0.6) is 5.75 Å². The normalized spacial score (nSPS) is 18.3. The topological polar surface area (TPSA) is 161 Å². The Morgan fingerprint density at radius 2 is 1.67 bits per heavy atom. The van der Waals surface area contributed by atoms with Gasteiger partial charge in [0.25, 0.3) is 0 Å². The van der Waals surface area contributed by atoms with Gasteiger partial charge in [0.05, 0.1) is 24.5 Å². The number of carbonyl (C=O) groups is 2. The summed E-state index contributed by atoms with van der Waals surface area (Å²) in [7, 11) is -4.31. The summed E-state index contributed by atoms with van der Waals surface area (Å²) in [6, 6.07) is 18.2. The van der Waals surface area contributed by atoms with Crippen LogP contribution >= 0.6 is 7.75 Å². The van der Waals surface area contributed by atoms with Crippen molar-refractivity contribution in [3.8, 4) is 5.75 Å². The lowest BCUT2D eigenvalue weighted by molar-refractivity contribution is -0.149. The van der Waals surface area contributed by atoms with Crippen LogP contribution in [0.25, 0.3) is 6.20 Å². The van der Waals surface area contributed by atoms with Crippen molar-refractivity contribution in [2.45, 2.75) is 59.4 Å². The molecule has 1 aliphatic carbocycles. The number of benzene rings is 2. The molecule has 0 saturated heterocycles. The molecule has 2 aromatic carbocycles. The van der Waals surface area contributed by atoms with Crippen molar-refractivity contribution in [2.24, 2.45) is 17.3 Å². The monoisotopic (exact) mass is 680 g/mol. The first kappa shape index (κ1) is 36.6. The number of hydrogen-bond acceptors (Lipinski definition) is 10. The molecular formula is C35H45N4O8P. The fourth-order valence-electron chi connectivity index (χ4n) is 4.87. The number of nitrogen functional groups attached to an aromatic ring is 1. The van der Waals surface area contributed by atoms with Gasteiger partial charge in [-0.3, -0.25) is 18.7 Å². The highest BCUT2D eigenvalue weighted by Gasteiger charge is 2.52. The smallest absolute Gasteiger partial charge is 0.459 e. The predicted molar refractivity (Wildman–Crippen MR) is 183 cm³/mol. The molecule has 1 unspecified atom stereocenters. The van der Waals surface area contributed by atoms with Gasteiger partial charge in [-0.25, -0.2) is 9.36 Å². The average Bonchev–Trinajstić information content (AvgIpc) is 3.77. The molecule has 1 aliphatic rings. The summed E-state index contributed by atoms with van der Waals surface area (Å²) in [6.45, 7) is 7.41. The van der Waals surface area contributed by atoms with E-state index in [1.165, 1.54) is 16.8 Å². The summed E-state index contributed by atoms with van der Waals surface area (Å²) >= 11 is 0. The van der Waals surface area contributed by atoms with Crippen LogP contribution in [0, 0.1) is 17.3 Å². The van der Waals surface area contributed by atoms with Gasteiger partial charge < -0.3 is 19.7 Å². The Bertz CT molecular complexity index is 1660. The minimum absolute atomic E-state index is 0.0828. The molecule has 12 nitrogen and oxygen atoms in total. The number of ether oxygens (including phenoxy) is 2. The van der Waals surface area contributed by atoms with Crippen LogP contribution in [-0.2, 0) is 34.6 Å². The van der Waals surface area contributed by atoms with Crippen LogP contribution in [0.2, 0.25) is 0 Å². The number of esters is 2. The van der Waals surface area contributed by atoms with Crippen LogP contribution in [0.4, 0.5) is 5.82 Å². The highest BCUT2D eigenvalue weighted by Crippen LogP contribution is 2.56. The van der Waals surface area contributed by atoms with Crippen molar-refractivity contribution in [3.05, 3.63) is 94.5 Å². The van der Waals surface area contributed by atoms with E-state index in [0.29, 0.717) is 12.0 Å². The van der Waals surface area contributed by atoms with E-state index in [-0.39, 0.29) is 49.6 Å². The lowest BCUT2D eigenvalue weighted by Crippen LogP contribution is -2.40. The lowest BCUT2D eigenvalue weighted by atomic mass is 10.0. The third-order valence-electron chi connectivity index (χ3n) is 8.17. The number of anilines is 1. The quantitative estimate of drug-likeness (QED) is 0.126. The molecule has 13 heteroatoms. The number of hydrogen-bond donors (Lipinski definition) is 2. The molecule has 0 aliphatic heterocycles. The van der Waals surface area contributed by atoms with Gasteiger partial charge in [-0.2, -0.15) is 10.1 Å². The maximum Gasteiger partial charge on any atom is 0.459 e. The van der Waals surface area contributed by atoms with Crippen LogP contribution < -0.4 is 21.0 Å². The van der Waals surface area contributed by atoms with Gasteiger partial charge in [0.2, 0.25) is 0 Å². The van der Waals surface area contributed by atoms with Gasteiger partial charge in [-0.05, 0) is 48.1 Å². The molecule has 4 rings (SSSR count). The summed E-state index contributed by atoms with van der Waals surface area (Å²) < 4.78 is 39.3. The van der Waals surface area contributed by atoms with E-state index < -0.39 is 36.8 Å². The van der Waals surface area contributed by atoms with Crippen LogP contribution in [0.1, 0.15) is 52.5 Å². The second kappa shape index (κ2) is 16.7. The van der Waals surface area contributed by atoms with E-state index in [4.69, 9.17) is 24.3 Å². The maximum absolute atomic E-state index is 14.6. The van der Waals surface area contributed by atoms with Crippen molar-refractivity contribution in [1.82, 2.24) is 14.6 Å². The van der Waals surface area contributed by atoms with Gasteiger partial charge in [0, 0.05) is 12.4 Å². The number of nitrogens with one attached hydrogen (secondary N) is 1. The second-order valence-electron chi connectivity index (χ2n) is 12.3. The number of para-hydroxylation sites is 1. The van der Waals surface area contributed by atoms with Gasteiger partial charge in [-0.15, -0.1) is 0 Å². The summed E-state index contributed by atoms with van der Waals surface area (Å²) in [5, 5.41) is 2.88. The standard InChI is InChI=1S/C35H45N4O8P/c1-5-26(6-2)22-44-33(41)30(19-27-13-9-7-10-14-27)38-48(43,47-29-15-11-8-12-16-29)46-24-35(23-45-32(40)25(3)4)20-28(35)21-39-18-17-31(36)37-34(39)42/h7-18,21,25-26,30H,5-6,19-20,22-24H2,1-4H3,(H,38,43)(H2,36,37,42)/b28-21-/t30-,35?,48-/m0/s1. The molecule has 48 heavy (non-hydrogen) atoms. The van der Waals surface area contributed by atoms with E-state index in [1.54, 1.807) is 50.4 Å². The number of carbonyl (C=O) groups excluding carboxylic acids is 2. The van der Waals surface area contributed by atoms with Gasteiger partial charge in [-0.1, -0.05) is 89.1 Å². The molecule has 3 atom stereocenters. The van der Waals surface area contributed by atoms with Crippen molar-refractivity contribution in [3.63, 3.8) is 0 Å². The zero-order valence-electron chi connectivity index (χ0n) is 27.9. The summed E-state index contributed by atoms with van der Waals surface area (Å²) in [4.78, 5) is 42.2. The maximum atomic E-state index is 14.6. The fraction of sp³-hybridized carbons (Fsp3) is 0.429. The van der Waals surface area contributed by atoms with Crippen LogP contribution in [0.15, 0.2) is 83.3 Å². The Morgan fingerprint density at radius 3 is 2.29 bits per heavy atom. The zero-order chi connectivity index (χ0) is 34.7. The highest BCUT2D eigenvalue weighted by atomic mass is 31.2. The molecule has 0 radical (unpaired) electrons. The Labute approximate surface area is 281 Å². The lowest BCUT2D eigenvalue weighted by Gasteiger charge is -2.27. The number of nitrogens with zero attached hydrogens (tertiary/aromatic N) is 2. The number of rotatable bonds is 18. The fourth-order valence-corrected chi connectivity index (χ4v) is 6.44. The average molecular weight is 681 g/mol. The van der Waals surface area contributed by atoms with E-state index in [2.05, 4.69) is 10.1 Å². The Morgan fingerprint density at radius 1 is 1.00 bits per heavy atom. The van der Waals surface area contributed by atoms with Crippen molar-refractivity contribution >= 4 is 31.7 Å². The Kier molecular flexibility index (Phi) is 12.7. The minimum Gasteiger partial charge on any atom is -0.464 e. The van der Waals surface area contributed by atoms with Crippen LogP contribution in [0.3, 0.4) is 0 Å². The first-order chi connectivity index (χ1) is 23.0. The Balaban J connectivity index is 1.64. The van der Waals surface area contributed by atoms with Gasteiger partial charge in [0.1, 0.15) is 24.2 Å².